The highest BCUT2D eigenvalue weighted by atomic mass is 35.5. The fraction of sp³-hybridized carbons (Fsp3) is 0.385. The van der Waals surface area contributed by atoms with Gasteiger partial charge >= 0.3 is 0 Å². The Morgan fingerprint density at radius 2 is 2.30 bits per heavy atom. The van der Waals surface area contributed by atoms with Crippen LogP contribution in [0.15, 0.2) is 24.5 Å². The maximum absolute atomic E-state index is 13.2. The monoisotopic (exact) mass is 298 g/mol. The highest BCUT2D eigenvalue weighted by Crippen LogP contribution is 2.18. The van der Waals surface area contributed by atoms with Crippen molar-refractivity contribution in [3.8, 4) is 0 Å². The van der Waals surface area contributed by atoms with Crippen molar-refractivity contribution in [2.75, 3.05) is 20.3 Å². The maximum Gasteiger partial charge on any atom is 0.141 e. The molecule has 1 aromatic heterocycles. The van der Waals surface area contributed by atoms with Gasteiger partial charge in [0.2, 0.25) is 0 Å². The number of nitrogens with one attached hydrogen (secondary N) is 1. The zero-order valence-electron chi connectivity index (χ0n) is 11.1. The maximum atomic E-state index is 13.2. The van der Waals surface area contributed by atoms with Crippen LogP contribution >= 0.6 is 11.6 Å². The highest BCUT2D eigenvalue weighted by molar-refractivity contribution is 6.31. The van der Waals surface area contributed by atoms with E-state index in [1.165, 1.54) is 18.5 Å². The molecule has 0 unspecified atom stereocenters. The van der Waals surface area contributed by atoms with E-state index in [4.69, 9.17) is 16.3 Å². The Labute approximate surface area is 121 Å². The number of rotatable bonds is 7. The van der Waals surface area contributed by atoms with Crippen LogP contribution in [0.1, 0.15) is 11.4 Å². The number of aromatic nitrogens is 3. The molecule has 7 heteroatoms. The van der Waals surface area contributed by atoms with Crippen LogP contribution in [0, 0.1) is 5.82 Å². The second-order valence-corrected chi connectivity index (χ2v) is 4.65. The van der Waals surface area contributed by atoms with Crippen LogP contribution in [0.3, 0.4) is 0 Å². The third-order valence-corrected chi connectivity index (χ3v) is 3.16. The molecule has 0 saturated heterocycles. The average molecular weight is 299 g/mol. The molecule has 0 spiro atoms. The standard InChI is InChI=1S/C13H16ClFN4O/c1-20-5-4-16-7-13-17-9-18-19(13)8-10-6-11(15)2-3-12(10)14/h2-3,6,9,16H,4-5,7-8H2,1H3. The first-order valence-electron chi connectivity index (χ1n) is 6.21. The molecule has 1 N–H and O–H groups in total. The third kappa shape index (κ3) is 4.00. The van der Waals surface area contributed by atoms with Crippen molar-refractivity contribution in [1.29, 1.82) is 0 Å². The Kier molecular flexibility index (Phi) is 5.46. The minimum absolute atomic E-state index is 0.315. The molecule has 108 valence electrons. The van der Waals surface area contributed by atoms with Crippen LogP contribution in [-0.4, -0.2) is 35.0 Å². The summed E-state index contributed by atoms with van der Waals surface area (Å²) in [5.41, 5.74) is 0.676. The predicted octanol–water partition coefficient (Wildman–Crippen LogP) is 1.85. The summed E-state index contributed by atoms with van der Waals surface area (Å²) in [6.07, 6.45) is 1.47. The number of hydrogen-bond acceptors (Lipinski definition) is 4. The fourth-order valence-electron chi connectivity index (χ4n) is 1.76. The molecule has 0 radical (unpaired) electrons. The molecule has 2 rings (SSSR count). The summed E-state index contributed by atoms with van der Waals surface area (Å²) < 4.78 is 19.9. The molecule has 5 nitrogen and oxygen atoms in total. The first-order chi connectivity index (χ1) is 9.70. The zero-order chi connectivity index (χ0) is 14.4. The van der Waals surface area contributed by atoms with Gasteiger partial charge < -0.3 is 10.1 Å². The van der Waals surface area contributed by atoms with Crippen LogP contribution in [0.4, 0.5) is 4.39 Å². The molecule has 0 bridgehead atoms. The zero-order valence-corrected chi connectivity index (χ0v) is 11.9. The molecule has 0 aliphatic heterocycles. The van der Waals surface area contributed by atoms with Gasteiger partial charge in [0.15, 0.2) is 0 Å². The largest absolute Gasteiger partial charge is 0.383 e. The van der Waals surface area contributed by atoms with Gasteiger partial charge in [-0.05, 0) is 23.8 Å². The van der Waals surface area contributed by atoms with Crippen molar-refractivity contribution in [2.45, 2.75) is 13.1 Å². The SMILES string of the molecule is COCCNCc1ncnn1Cc1cc(F)ccc1Cl. The van der Waals surface area contributed by atoms with Gasteiger partial charge in [0.1, 0.15) is 18.0 Å². The molecule has 0 saturated carbocycles. The van der Waals surface area contributed by atoms with Crippen LogP contribution in [0.2, 0.25) is 5.02 Å². The second-order valence-electron chi connectivity index (χ2n) is 4.24. The lowest BCUT2D eigenvalue weighted by Crippen LogP contribution is -2.21. The lowest BCUT2D eigenvalue weighted by Gasteiger charge is -2.08. The van der Waals surface area contributed by atoms with E-state index in [1.807, 2.05) is 0 Å². The van der Waals surface area contributed by atoms with Crippen molar-refractivity contribution >= 4 is 11.6 Å². The third-order valence-electron chi connectivity index (χ3n) is 2.79. The molecule has 2 aromatic rings. The molecule has 1 aromatic carbocycles. The smallest absolute Gasteiger partial charge is 0.141 e. The molecule has 0 amide bonds. The van der Waals surface area contributed by atoms with E-state index >= 15 is 0 Å². The Morgan fingerprint density at radius 3 is 3.10 bits per heavy atom. The number of hydrogen-bond donors (Lipinski definition) is 1. The van der Waals surface area contributed by atoms with Crippen molar-refractivity contribution in [3.63, 3.8) is 0 Å². The number of ether oxygens (including phenoxy) is 1. The summed E-state index contributed by atoms with van der Waals surface area (Å²) in [6.45, 7) is 2.31. The van der Waals surface area contributed by atoms with Crippen LogP contribution in [-0.2, 0) is 17.8 Å². The fourth-order valence-corrected chi connectivity index (χ4v) is 1.93. The Balaban J connectivity index is 2.02. The highest BCUT2D eigenvalue weighted by Gasteiger charge is 2.08. The molecule has 20 heavy (non-hydrogen) atoms. The number of methoxy groups -OCH3 is 1. The minimum Gasteiger partial charge on any atom is -0.383 e. The van der Waals surface area contributed by atoms with Crippen molar-refractivity contribution in [3.05, 3.63) is 46.8 Å². The van der Waals surface area contributed by atoms with Crippen molar-refractivity contribution in [1.82, 2.24) is 20.1 Å². The van der Waals surface area contributed by atoms with Gasteiger partial charge in [-0.2, -0.15) is 5.10 Å². The van der Waals surface area contributed by atoms with Gasteiger partial charge in [-0.25, -0.2) is 14.1 Å². The number of nitrogens with zero attached hydrogens (tertiary/aromatic N) is 3. The van der Waals surface area contributed by atoms with Gasteiger partial charge in [-0.3, -0.25) is 0 Å². The summed E-state index contributed by atoms with van der Waals surface area (Å²) in [7, 11) is 1.65. The molecule has 0 aliphatic carbocycles. The Hall–Kier alpha value is -1.50. The minimum atomic E-state index is -0.315. The predicted molar refractivity (Wildman–Crippen MR) is 74.1 cm³/mol. The molecule has 0 atom stereocenters. The van der Waals surface area contributed by atoms with E-state index in [2.05, 4.69) is 15.4 Å². The van der Waals surface area contributed by atoms with Gasteiger partial charge in [0.25, 0.3) is 0 Å². The second kappa shape index (κ2) is 7.33. The first kappa shape index (κ1) is 14.9. The summed E-state index contributed by atoms with van der Waals surface area (Å²) in [5.74, 6) is 0.450. The van der Waals surface area contributed by atoms with Crippen LogP contribution in [0.5, 0.6) is 0 Å². The van der Waals surface area contributed by atoms with E-state index in [9.17, 15) is 4.39 Å². The summed E-state index contributed by atoms with van der Waals surface area (Å²) in [6, 6.07) is 4.28. The molecular weight excluding hydrogens is 283 g/mol. The van der Waals surface area contributed by atoms with E-state index in [0.29, 0.717) is 30.3 Å². The van der Waals surface area contributed by atoms with E-state index in [-0.39, 0.29) is 5.82 Å². The van der Waals surface area contributed by atoms with E-state index in [0.717, 1.165) is 12.4 Å². The topological polar surface area (TPSA) is 52.0 Å². The molecule has 0 fully saturated rings. The molecular formula is C13H16ClFN4O. The van der Waals surface area contributed by atoms with Crippen molar-refractivity contribution < 1.29 is 9.13 Å². The van der Waals surface area contributed by atoms with Crippen LogP contribution in [0.25, 0.3) is 0 Å². The summed E-state index contributed by atoms with van der Waals surface area (Å²) in [5, 5.41) is 7.83. The summed E-state index contributed by atoms with van der Waals surface area (Å²) >= 11 is 6.05. The van der Waals surface area contributed by atoms with Crippen molar-refractivity contribution in [2.24, 2.45) is 0 Å². The quantitative estimate of drug-likeness (QED) is 0.793. The Bertz CT molecular complexity index is 561. The van der Waals surface area contributed by atoms with Gasteiger partial charge in [0.05, 0.1) is 19.7 Å². The number of benzene rings is 1. The van der Waals surface area contributed by atoms with Gasteiger partial charge in [-0.15, -0.1) is 0 Å². The molecule has 1 heterocycles. The Morgan fingerprint density at radius 1 is 1.45 bits per heavy atom. The van der Waals surface area contributed by atoms with Crippen LogP contribution < -0.4 is 5.32 Å². The normalized spacial score (nSPS) is 10.9. The number of halogens is 2. The lowest BCUT2D eigenvalue weighted by atomic mass is 10.2. The average Bonchev–Trinajstić information content (AvgIpc) is 2.86. The van der Waals surface area contributed by atoms with E-state index < -0.39 is 0 Å². The first-order valence-corrected chi connectivity index (χ1v) is 6.58. The van der Waals surface area contributed by atoms with Gasteiger partial charge in [0, 0.05) is 18.7 Å². The summed E-state index contributed by atoms with van der Waals surface area (Å²) in [4.78, 5) is 4.17. The molecule has 0 aliphatic rings. The lowest BCUT2D eigenvalue weighted by molar-refractivity contribution is 0.198. The van der Waals surface area contributed by atoms with E-state index in [1.54, 1.807) is 17.9 Å². The van der Waals surface area contributed by atoms with Gasteiger partial charge in [-0.1, -0.05) is 11.6 Å².